The van der Waals surface area contributed by atoms with Gasteiger partial charge in [0, 0.05) is 38.3 Å². The number of hydrogen-bond acceptors (Lipinski definition) is 6. The van der Waals surface area contributed by atoms with Crippen LogP contribution in [0.5, 0.6) is 0 Å². The highest BCUT2D eigenvalue weighted by Crippen LogP contribution is 2.23. The summed E-state index contributed by atoms with van der Waals surface area (Å²) in [7, 11) is 0. The summed E-state index contributed by atoms with van der Waals surface area (Å²) in [6, 6.07) is 0. The molecule has 4 aliphatic heterocycles. The van der Waals surface area contributed by atoms with Crippen LogP contribution >= 0.6 is 0 Å². The molecule has 4 heterocycles. The third-order valence-electron chi connectivity index (χ3n) is 6.48. The van der Waals surface area contributed by atoms with Gasteiger partial charge in [0.15, 0.2) is 26.2 Å². The molecule has 0 aromatic rings. The van der Waals surface area contributed by atoms with Crippen molar-refractivity contribution in [3.63, 3.8) is 0 Å². The Bertz CT molecular complexity index is 681. The van der Waals surface area contributed by atoms with Crippen molar-refractivity contribution in [2.24, 2.45) is 0 Å². The van der Waals surface area contributed by atoms with Crippen molar-refractivity contribution in [2.45, 2.75) is 0 Å². The molecule has 1 aliphatic carbocycles. The Balaban J connectivity index is 1.59. The van der Waals surface area contributed by atoms with E-state index >= 15 is 0 Å². The van der Waals surface area contributed by atoms with Gasteiger partial charge in [0.05, 0.1) is 26.4 Å². The van der Waals surface area contributed by atoms with E-state index in [2.05, 4.69) is 31.1 Å². The number of allylic oxidation sites excluding steroid dienone is 2. The van der Waals surface area contributed by atoms with E-state index in [0.29, 0.717) is 0 Å². The van der Waals surface area contributed by atoms with Crippen molar-refractivity contribution < 1.29 is 28.1 Å². The average molecular weight is 419 g/mol. The molecule has 164 valence electrons. The van der Waals surface area contributed by atoms with Crippen LogP contribution < -0.4 is 0 Å². The largest absolute Gasteiger partial charge is 0.378 e. The molecule has 0 aromatic heterocycles. The zero-order valence-electron chi connectivity index (χ0n) is 17.9. The van der Waals surface area contributed by atoms with Crippen molar-refractivity contribution >= 4 is 11.4 Å². The second kappa shape index (κ2) is 9.60. The molecule has 8 nitrogen and oxygen atoms in total. The Morgan fingerprint density at radius 2 is 0.833 bits per heavy atom. The van der Waals surface area contributed by atoms with Crippen LogP contribution in [0, 0.1) is 0 Å². The van der Waals surface area contributed by atoms with Crippen LogP contribution in [0.15, 0.2) is 23.5 Å². The fourth-order valence-corrected chi connectivity index (χ4v) is 4.78. The zero-order valence-corrected chi connectivity index (χ0v) is 17.9. The summed E-state index contributed by atoms with van der Waals surface area (Å²) >= 11 is 0. The van der Waals surface area contributed by atoms with Gasteiger partial charge in [-0.15, -0.1) is 0 Å². The molecule has 0 unspecified atom stereocenters. The van der Waals surface area contributed by atoms with Gasteiger partial charge in [-0.3, -0.25) is 0 Å². The van der Waals surface area contributed by atoms with Crippen LogP contribution in [0.2, 0.25) is 0 Å². The maximum Gasteiger partial charge on any atom is 0.226 e. The van der Waals surface area contributed by atoms with Gasteiger partial charge < -0.3 is 28.7 Å². The molecular formula is C22H34N4O4+2. The van der Waals surface area contributed by atoms with E-state index in [0.717, 1.165) is 105 Å². The Hall–Kier alpha value is -1.74. The smallest absolute Gasteiger partial charge is 0.226 e. The summed E-state index contributed by atoms with van der Waals surface area (Å²) in [6.07, 6.45) is 4.87. The molecule has 30 heavy (non-hydrogen) atoms. The van der Waals surface area contributed by atoms with E-state index in [4.69, 9.17) is 18.9 Å². The maximum absolute atomic E-state index is 5.65. The zero-order chi connectivity index (χ0) is 20.2. The normalized spacial score (nSPS) is 26.7. The number of rotatable bonds is 2. The first-order valence-corrected chi connectivity index (χ1v) is 11.4. The van der Waals surface area contributed by atoms with Crippen LogP contribution in [0.1, 0.15) is 0 Å². The third-order valence-corrected chi connectivity index (χ3v) is 6.48. The Morgan fingerprint density at radius 3 is 1.20 bits per heavy atom. The molecule has 0 spiro atoms. The molecule has 0 bridgehead atoms. The van der Waals surface area contributed by atoms with Crippen LogP contribution in [-0.2, 0) is 18.9 Å². The summed E-state index contributed by atoms with van der Waals surface area (Å²) in [5.74, 6) is 0. The van der Waals surface area contributed by atoms with Gasteiger partial charge in [-0.25, -0.2) is 9.15 Å². The van der Waals surface area contributed by atoms with Crippen LogP contribution in [0.4, 0.5) is 0 Å². The highest BCUT2D eigenvalue weighted by Gasteiger charge is 2.36. The Kier molecular flexibility index (Phi) is 6.45. The highest BCUT2D eigenvalue weighted by atomic mass is 16.5. The van der Waals surface area contributed by atoms with Crippen molar-refractivity contribution in [2.75, 3.05) is 105 Å². The monoisotopic (exact) mass is 418 g/mol. The minimum Gasteiger partial charge on any atom is -0.378 e. The van der Waals surface area contributed by atoms with Gasteiger partial charge >= 0.3 is 0 Å². The highest BCUT2D eigenvalue weighted by molar-refractivity contribution is 6.20. The summed E-state index contributed by atoms with van der Waals surface area (Å²) in [4.78, 5) is 5.00. The first-order valence-electron chi connectivity index (χ1n) is 11.4. The minimum atomic E-state index is 0.792. The fourth-order valence-electron chi connectivity index (χ4n) is 4.78. The molecule has 0 amide bonds. The number of morpholine rings is 4. The lowest BCUT2D eigenvalue weighted by atomic mass is 10.00. The summed E-state index contributed by atoms with van der Waals surface area (Å²) < 4.78 is 27.6. The fraction of sp³-hybridized carbons (Fsp3) is 0.727. The maximum atomic E-state index is 5.65. The number of ether oxygens (including phenoxy) is 4. The quantitative estimate of drug-likeness (QED) is 0.441. The van der Waals surface area contributed by atoms with E-state index in [1.165, 1.54) is 22.8 Å². The lowest BCUT2D eigenvalue weighted by Crippen LogP contribution is -2.47. The molecule has 5 rings (SSSR count). The third kappa shape index (κ3) is 4.32. The second-order valence-corrected chi connectivity index (χ2v) is 8.23. The standard InChI is InChI=1S/C22H34N4O4/c1-9-27-10-2-23(1)19-17-21(25-5-13-29-14-6-25)22(26-7-15-30-16-8-26)18-20(19)24-3-11-28-12-4-24/h17-18H,1-16H2/q+2. The van der Waals surface area contributed by atoms with Gasteiger partial charge in [-0.2, -0.15) is 0 Å². The van der Waals surface area contributed by atoms with Crippen molar-refractivity contribution in [3.8, 4) is 0 Å². The molecular weight excluding hydrogens is 384 g/mol. The van der Waals surface area contributed by atoms with Gasteiger partial charge in [-0.05, 0) is 0 Å². The number of nitrogens with zero attached hydrogens (tertiary/aromatic N) is 4. The van der Waals surface area contributed by atoms with Crippen LogP contribution in [0.3, 0.4) is 0 Å². The molecule has 0 atom stereocenters. The number of hydrogen-bond donors (Lipinski definition) is 0. The first-order chi connectivity index (χ1) is 14.9. The predicted molar refractivity (Wildman–Crippen MR) is 113 cm³/mol. The van der Waals surface area contributed by atoms with Crippen LogP contribution in [-0.4, -0.2) is 136 Å². The van der Waals surface area contributed by atoms with E-state index in [1.54, 1.807) is 0 Å². The van der Waals surface area contributed by atoms with E-state index in [9.17, 15) is 0 Å². The molecule has 0 aromatic carbocycles. The molecule has 4 saturated heterocycles. The molecule has 0 saturated carbocycles. The second-order valence-electron chi connectivity index (χ2n) is 8.23. The van der Waals surface area contributed by atoms with E-state index in [1.807, 2.05) is 0 Å². The summed E-state index contributed by atoms with van der Waals surface area (Å²) in [5, 5.41) is 0. The molecule has 4 fully saturated rings. The molecule has 8 heteroatoms. The molecule has 0 radical (unpaired) electrons. The van der Waals surface area contributed by atoms with E-state index < -0.39 is 0 Å². The van der Waals surface area contributed by atoms with Gasteiger partial charge in [0.25, 0.3) is 0 Å². The van der Waals surface area contributed by atoms with E-state index in [-0.39, 0.29) is 0 Å². The lowest BCUT2D eigenvalue weighted by molar-refractivity contribution is -0.550. The summed E-state index contributed by atoms with van der Waals surface area (Å²) in [6.45, 7) is 13.9. The minimum absolute atomic E-state index is 0.792. The van der Waals surface area contributed by atoms with Crippen molar-refractivity contribution in [3.05, 3.63) is 23.5 Å². The first kappa shape index (κ1) is 20.2. The Labute approximate surface area is 178 Å². The summed E-state index contributed by atoms with van der Waals surface area (Å²) in [5.41, 5.74) is 5.33. The lowest BCUT2D eigenvalue weighted by Gasteiger charge is -2.35. The van der Waals surface area contributed by atoms with Gasteiger partial charge in [0.1, 0.15) is 37.8 Å². The van der Waals surface area contributed by atoms with Gasteiger partial charge in [0.2, 0.25) is 11.4 Å². The van der Waals surface area contributed by atoms with Gasteiger partial charge in [-0.1, -0.05) is 0 Å². The average Bonchev–Trinajstić information content (AvgIpc) is 2.85. The SMILES string of the molecule is C1=C(N2CCOCC2)C(=[N+]2CCOCC2)C=C(N2CCOCC2)C1=[N+]1CCOCC1. The van der Waals surface area contributed by atoms with Crippen molar-refractivity contribution in [1.82, 2.24) is 9.80 Å². The molecule has 5 aliphatic rings. The molecule has 0 N–H and O–H groups in total. The topological polar surface area (TPSA) is 49.4 Å². The Morgan fingerprint density at radius 1 is 0.500 bits per heavy atom. The van der Waals surface area contributed by atoms with Crippen molar-refractivity contribution in [1.29, 1.82) is 0 Å². The predicted octanol–water partition coefficient (Wildman–Crippen LogP) is -0.600. The van der Waals surface area contributed by atoms with Crippen LogP contribution in [0.25, 0.3) is 0 Å².